The van der Waals surface area contributed by atoms with Crippen molar-refractivity contribution in [2.45, 2.75) is 33.7 Å². The summed E-state index contributed by atoms with van der Waals surface area (Å²) in [5.41, 5.74) is 1.87. The van der Waals surface area contributed by atoms with Gasteiger partial charge in [-0.15, -0.1) is 0 Å². The highest BCUT2D eigenvalue weighted by atomic mass is 16.5. The van der Waals surface area contributed by atoms with Gasteiger partial charge in [-0.05, 0) is 61.2 Å². The van der Waals surface area contributed by atoms with E-state index in [0.29, 0.717) is 47.5 Å². The highest BCUT2D eigenvalue weighted by Gasteiger charge is 2.46. The number of rotatable bonds is 11. The van der Waals surface area contributed by atoms with Crippen molar-refractivity contribution in [1.29, 1.82) is 0 Å². The van der Waals surface area contributed by atoms with Gasteiger partial charge in [0.05, 0.1) is 38.5 Å². The number of hydrogen-bond acceptors (Lipinski definition) is 7. The van der Waals surface area contributed by atoms with Crippen molar-refractivity contribution in [3.63, 3.8) is 0 Å². The van der Waals surface area contributed by atoms with Crippen LogP contribution in [0.1, 0.15) is 43.5 Å². The summed E-state index contributed by atoms with van der Waals surface area (Å²) in [6.45, 7) is 9.25. The first-order chi connectivity index (χ1) is 17.2. The first-order valence-corrected chi connectivity index (χ1v) is 12.0. The van der Waals surface area contributed by atoms with E-state index in [-0.39, 0.29) is 24.5 Å². The largest absolute Gasteiger partial charge is 0.507 e. The van der Waals surface area contributed by atoms with Gasteiger partial charge in [-0.1, -0.05) is 19.9 Å². The normalized spacial score (nSPS) is 17.1. The van der Waals surface area contributed by atoms with Crippen molar-refractivity contribution in [3.05, 3.63) is 58.7 Å². The Balaban J connectivity index is 2.12. The Bertz CT molecular complexity index is 1140. The summed E-state index contributed by atoms with van der Waals surface area (Å²) < 4.78 is 22.1. The van der Waals surface area contributed by atoms with Gasteiger partial charge in [-0.2, -0.15) is 0 Å². The molecule has 8 heteroatoms. The molecule has 1 aliphatic rings. The number of ether oxygens (including phenoxy) is 4. The highest BCUT2D eigenvalue weighted by Crippen LogP contribution is 2.42. The van der Waals surface area contributed by atoms with Crippen molar-refractivity contribution in [2.24, 2.45) is 5.92 Å². The van der Waals surface area contributed by atoms with E-state index < -0.39 is 17.7 Å². The van der Waals surface area contributed by atoms with Crippen molar-refractivity contribution in [1.82, 2.24) is 4.90 Å². The standard InChI is InChI=1S/C28H35NO7/c1-7-35-23-15-19(8-11-22(23)34-6)25-24(27(31)28(32)29(25)12-13-33-5)26(30)20-9-10-21(18(4)14-20)36-16-17(2)3/h8-11,14-15,17,25,30H,7,12-13,16H2,1-6H3/b26-24-. The van der Waals surface area contributed by atoms with Crippen molar-refractivity contribution in [2.75, 3.05) is 40.6 Å². The number of carbonyl (C=O) groups excluding carboxylic acids is 2. The van der Waals surface area contributed by atoms with Gasteiger partial charge in [0.25, 0.3) is 11.7 Å². The van der Waals surface area contributed by atoms with Crippen molar-refractivity contribution in [3.8, 4) is 17.2 Å². The van der Waals surface area contributed by atoms with Crippen molar-refractivity contribution >= 4 is 17.4 Å². The summed E-state index contributed by atoms with van der Waals surface area (Å²) in [6.07, 6.45) is 0. The van der Waals surface area contributed by atoms with E-state index in [4.69, 9.17) is 18.9 Å². The molecule has 0 spiro atoms. The highest BCUT2D eigenvalue weighted by molar-refractivity contribution is 6.46. The topological polar surface area (TPSA) is 94.5 Å². The number of Topliss-reactive ketones (excluding diaryl/α,β-unsaturated/α-hetero) is 1. The first kappa shape index (κ1) is 27.1. The SMILES string of the molecule is CCOc1cc(C2/C(=C(/O)c3ccc(OCC(C)C)c(C)c3)C(=O)C(=O)N2CCOC)ccc1OC. The third-order valence-electron chi connectivity index (χ3n) is 5.90. The molecule has 1 amide bonds. The Labute approximate surface area is 212 Å². The second kappa shape index (κ2) is 11.9. The average molecular weight is 498 g/mol. The van der Waals surface area contributed by atoms with Gasteiger partial charge >= 0.3 is 0 Å². The maximum Gasteiger partial charge on any atom is 0.295 e. The number of aliphatic hydroxyl groups excluding tert-OH is 1. The molecule has 1 unspecified atom stereocenters. The number of hydrogen-bond donors (Lipinski definition) is 1. The predicted octanol–water partition coefficient (Wildman–Crippen LogP) is 4.51. The second-order valence-corrected chi connectivity index (χ2v) is 9.01. The van der Waals surface area contributed by atoms with Gasteiger partial charge in [0.2, 0.25) is 0 Å². The number of carbonyl (C=O) groups is 2. The average Bonchev–Trinajstić information content (AvgIpc) is 3.11. The predicted molar refractivity (Wildman–Crippen MR) is 137 cm³/mol. The summed E-state index contributed by atoms with van der Waals surface area (Å²) in [6, 6.07) is 9.62. The van der Waals surface area contributed by atoms with Crippen LogP contribution in [0, 0.1) is 12.8 Å². The zero-order chi connectivity index (χ0) is 26.4. The Kier molecular flexibility index (Phi) is 8.98. The molecule has 36 heavy (non-hydrogen) atoms. The molecular formula is C28H35NO7. The van der Waals surface area contributed by atoms with Crippen LogP contribution in [0.3, 0.4) is 0 Å². The van der Waals surface area contributed by atoms with E-state index in [0.717, 1.165) is 5.56 Å². The van der Waals surface area contributed by atoms with Crippen LogP contribution in [0.2, 0.25) is 0 Å². The van der Waals surface area contributed by atoms with Crippen molar-refractivity contribution < 1.29 is 33.6 Å². The molecular weight excluding hydrogens is 462 g/mol. The van der Waals surface area contributed by atoms with E-state index in [1.165, 1.54) is 12.0 Å². The van der Waals surface area contributed by atoms with E-state index >= 15 is 0 Å². The molecule has 1 fully saturated rings. The second-order valence-electron chi connectivity index (χ2n) is 9.01. The zero-order valence-electron chi connectivity index (χ0n) is 21.8. The Morgan fingerprint density at radius 3 is 2.36 bits per heavy atom. The fourth-order valence-corrected chi connectivity index (χ4v) is 4.15. The molecule has 1 N–H and O–H groups in total. The lowest BCUT2D eigenvalue weighted by Gasteiger charge is -2.25. The number of methoxy groups -OCH3 is 2. The minimum absolute atomic E-state index is 0.0129. The molecule has 1 saturated heterocycles. The number of amides is 1. The quantitative estimate of drug-likeness (QED) is 0.277. The molecule has 0 saturated carbocycles. The lowest BCUT2D eigenvalue weighted by molar-refractivity contribution is -0.140. The Morgan fingerprint density at radius 2 is 1.75 bits per heavy atom. The third-order valence-corrected chi connectivity index (χ3v) is 5.90. The van der Waals surface area contributed by atoms with Crippen LogP contribution in [0.15, 0.2) is 42.0 Å². The van der Waals surface area contributed by atoms with Crippen LogP contribution in [-0.2, 0) is 14.3 Å². The maximum absolute atomic E-state index is 13.2. The Morgan fingerprint density at radius 1 is 1.03 bits per heavy atom. The number of benzene rings is 2. The minimum atomic E-state index is -0.817. The van der Waals surface area contributed by atoms with Gasteiger partial charge in [-0.3, -0.25) is 9.59 Å². The molecule has 0 aromatic heterocycles. The number of aliphatic hydroxyl groups is 1. The van der Waals surface area contributed by atoms with Gasteiger partial charge in [0.15, 0.2) is 11.5 Å². The lowest BCUT2D eigenvalue weighted by Crippen LogP contribution is -2.32. The Hall–Kier alpha value is -3.52. The summed E-state index contributed by atoms with van der Waals surface area (Å²) in [5, 5.41) is 11.3. The molecule has 194 valence electrons. The fraction of sp³-hybridized carbons (Fsp3) is 0.429. The molecule has 1 atom stereocenters. The van der Waals surface area contributed by atoms with Crippen LogP contribution in [0.25, 0.3) is 5.76 Å². The number of aryl methyl sites for hydroxylation is 1. The van der Waals surface area contributed by atoms with Crippen LogP contribution in [0.5, 0.6) is 17.2 Å². The van der Waals surface area contributed by atoms with E-state index in [9.17, 15) is 14.7 Å². The maximum atomic E-state index is 13.2. The molecule has 2 aromatic carbocycles. The molecule has 1 heterocycles. The summed E-state index contributed by atoms with van der Waals surface area (Å²) in [7, 11) is 3.07. The first-order valence-electron chi connectivity index (χ1n) is 12.0. The van der Waals surface area contributed by atoms with E-state index in [1.54, 1.807) is 43.5 Å². The molecule has 2 aromatic rings. The molecule has 8 nitrogen and oxygen atoms in total. The fourth-order valence-electron chi connectivity index (χ4n) is 4.15. The van der Waals surface area contributed by atoms with Gasteiger partial charge < -0.3 is 29.0 Å². The zero-order valence-corrected chi connectivity index (χ0v) is 21.8. The molecule has 0 aliphatic carbocycles. The third kappa shape index (κ3) is 5.65. The number of nitrogens with zero attached hydrogens (tertiary/aromatic N) is 1. The molecule has 0 bridgehead atoms. The van der Waals surface area contributed by atoms with Crippen LogP contribution >= 0.6 is 0 Å². The van der Waals surface area contributed by atoms with E-state index in [2.05, 4.69) is 13.8 Å². The molecule has 3 rings (SSSR count). The lowest BCUT2D eigenvalue weighted by atomic mass is 9.94. The number of ketones is 1. The summed E-state index contributed by atoms with van der Waals surface area (Å²) >= 11 is 0. The van der Waals surface area contributed by atoms with E-state index in [1.807, 2.05) is 13.8 Å². The molecule has 0 radical (unpaired) electrons. The van der Waals surface area contributed by atoms with Gasteiger partial charge in [0, 0.05) is 19.2 Å². The summed E-state index contributed by atoms with van der Waals surface area (Å²) in [5.74, 6) is 0.395. The van der Waals surface area contributed by atoms with Crippen LogP contribution < -0.4 is 14.2 Å². The number of likely N-dealkylation sites (tertiary alicyclic amines) is 1. The van der Waals surface area contributed by atoms with Gasteiger partial charge in [-0.25, -0.2) is 0 Å². The van der Waals surface area contributed by atoms with Gasteiger partial charge in [0.1, 0.15) is 11.5 Å². The molecule has 1 aliphatic heterocycles. The summed E-state index contributed by atoms with van der Waals surface area (Å²) in [4.78, 5) is 27.7. The smallest absolute Gasteiger partial charge is 0.295 e. The van der Waals surface area contributed by atoms with Crippen LogP contribution in [-0.4, -0.2) is 62.3 Å². The monoisotopic (exact) mass is 497 g/mol. The van der Waals surface area contributed by atoms with Crippen LogP contribution in [0.4, 0.5) is 0 Å². The minimum Gasteiger partial charge on any atom is -0.507 e.